The van der Waals surface area contributed by atoms with Crippen LogP contribution >= 0.6 is 0 Å². The lowest BCUT2D eigenvalue weighted by Gasteiger charge is -2.47. The van der Waals surface area contributed by atoms with Crippen LogP contribution in [0.4, 0.5) is 21.0 Å². The Labute approximate surface area is 228 Å². The van der Waals surface area contributed by atoms with Gasteiger partial charge in [0.15, 0.2) is 6.04 Å². The number of amides is 4. The van der Waals surface area contributed by atoms with E-state index in [1.165, 1.54) is 10.5 Å². The first-order valence-electron chi connectivity index (χ1n) is 13.6. The number of aliphatic carboxylic acids is 1. The van der Waals surface area contributed by atoms with E-state index in [1.807, 2.05) is 83.8 Å². The second kappa shape index (κ2) is 10.4. The molecule has 0 aliphatic carbocycles. The van der Waals surface area contributed by atoms with Gasteiger partial charge in [0.05, 0.1) is 23.5 Å². The Hall–Kier alpha value is -4.33. The Kier molecular flexibility index (Phi) is 6.69. The van der Waals surface area contributed by atoms with Crippen LogP contribution in [0.15, 0.2) is 91.0 Å². The van der Waals surface area contributed by atoms with Crippen molar-refractivity contribution in [2.75, 3.05) is 24.5 Å². The SMILES string of the molecule is O=C(O)[C@@H]1[C@H]2CCC(CN1C(=O)N(c1ccccc1)c1ccccc1)N2C(=O)N1CCC(c2ccccc2)C1. The average Bonchev–Trinajstić information content (AvgIpc) is 3.58. The number of hydrogen-bond acceptors (Lipinski definition) is 3. The minimum Gasteiger partial charge on any atom is -0.480 e. The zero-order valence-corrected chi connectivity index (χ0v) is 21.7. The standard InChI is InChI=1S/C31H32N4O4/c36-29(37)28-27-17-16-26(35(27)30(38)32-19-18-23(20-32)22-10-4-1-5-11-22)21-33(28)31(39)34(24-12-6-2-7-13-24)25-14-8-3-9-15-25/h1-15,23,26-28H,16-21H2,(H,36,37)/t23?,26?,27-,28+/m1/s1. The topological polar surface area (TPSA) is 84.4 Å². The molecule has 1 N–H and O–H groups in total. The van der Waals surface area contributed by atoms with Gasteiger partial charge in [-0.2, -0.15) is 0 Å². The third-order valence-electron chi connectivity index (χ3n) is 8.32. The lowest BCUT2D eigenvalue weighted by atomic mass is 9.99. The third-order valence-corrected chi connectivity index (χ3v) is 8.32. The highest BCUT2D eigenvalue weighted by molar-refractivity contribution is 6.01. The average molecular weight is 525 g/mol. The molecular weight excluding hydrogens is 492 g/mol. The van der Waals surface area contributed by atoms with Crippen molar-refractivity contribution in [3.05, 3.63) is 96.6 Å². The van der Waals surface area contributed by atoms with Crippen molar-refractivity contribution in [2.24, 2.45) is 0 Å². The lowest BCUT2D eigenvalue weighted by molar-refractivity contribution is -0.145. The molecule has 4 atom stereocenters. The zero-order chi connectivity index (χ0) is 26.9. The first-order valence-corrected chi connectivity index (χ1v) is 13.6. The van der Waals surface area contributed by atoms with Crippen molar-refractivity contribution in [2.45, 2.75) is 43.3 Å². The Balaban J connectivity index is 1.26. The minimum absolute atomic E-state index is 0.109. The number of urea groups is 2. The highest BCUT2D eigenvalue weighted by Crippen LogP contribution is 2.39. The lowest BCUT2D eigenvalue weighted by Crippen LogP contribution is -2.67. The highest BCUT2D eigenvalue weighted by atomic mass is 16.4. The molecule has 0 radical (unpaired) electrons. The van der Waals surface area contributed by atoms with Crippen molar-refractivity contribution in [1.29, 1.82) is 0 Å². The van der Waals surface area contributed by atoms with Crippen LogP contribution in [0.1, 0.15) is 30.7 Å². The monoisotopic (exact) mass is 524 g/mol. The number of anilines is 2. The van der Waals surface area contributed by atoms with E-state index in [0.29, 0.717) is 37.3 Å². The van der Waals surface area contributed by atoms with Crippen LogP contribution in [-0.2, 0) is 4.79 Å². The summed E-state index contributed by atoms with van der Waals surface area (Å²) in [6, 6.07) is 26.3. The van der Waals surface area contributed by atoms with E-state index in [9.17, 15) is 19.5 Å². The summed E-state index contributed by atoms with van der Waals surface area (Å²) >= 11 is 0. The number of likely N-dealkylation sites (tertiary alicyclic amines) is 2. The van der Waals surface area contributed by atoms with Crippen LogP contribution in [0.3, 0.4) is 0 Å². The van der Waals surface area contributed by atoms with E-state index in [0.717, 1.165) is 6.42 Å². The van der Waals surface area contributed by atoms with E-state index in [-0.39, 0.29) is 24.5 Å². The van der Waals surface area contributed by atoms with Gasteiger partial charge in [-0.05, 0) is 49.1 Å². The predicted octanol–water partition coefficient (Wildman–Crippen LogP) is 5.16. The second-order valence-electron chi connectivity index (χ2n) is 10.6. The minimum atomic E-state index is -1.12. The maximum absolute atomic E-state index is 14.1. The fraction of sp³-hybridized carbons (Fsp3) is 0.323. The summed E-state index contributed by atoms with van der Waals surface area (Å²) in [5.41, 5.74) is 2.54. The molecule has 2 bridgehead atoms. The summed E-state index contributed by atoms with van der Waals surface area (Å²) in [6.07, 6.45) is 2.12. The Morgan fingerprint density at radius 3 is 1.92 bits per heavy atom. The van der Waals surface area contributed by atoms with Crippen molar-refractivity contribution in [3.8, 4) is 0 Å². The summed E-state index contributed by atoms with van der Waals surface area (Å²) in [5.74, 6) is -0.813. The largest absolute Gasteiger partial charge is 0.480 e. The highest BCUT2D eigenvalue weighted by Gasteiger charge is 2.54. The van der Waals surface area contributed by atoms with Crippen LogP contribution in [0.5, 0.6) is 0 Å². The van der Waals surface area contributed by atoms with Gasteiger partial charge in [0, 0.05) is 25.6 Å². The van der Waals surface area contributed by atoms with Crippen molar-refractivity contribution in [1.82, 2.24) is 14.7 Å². The summed E-state index contributed by atoms with van der Waals surface area (Å²) in [4.78, 5) is 47.3. The number of carboxylic acids is 1. The molecule has 2 unspecified atom stereocenters. The quantitative estimate of drug-likeness (QED) is 0.511. The molecule has 3 aliphatic heterocycles. The molecule has 200 valence electrons. The van der Waals surface area contributed by atoms with Gasteiger partial charge in [0.2, 0.25) is 0 Å². The number of benzene rings is 3. The smallest absolute Gasteiger partial charge is 0.329 e. The van der Waals surface area contributed by atoms with Gasteiger partial charge < -0.3 is 19.8 Å². The van der Waals surface area contributed by atoms with Crippen LogP contribution in [0.2, 0.25) is 0 Å². The van der Waals surface area contributed by atoms with Gasteiger partial charge in [0.1, 0.15) is 0 Å². The molecule has 4 amide bonds. The molecule has 3 saturated heterocycles. The molecule has 39 heavy (non-hydrogen) atoms. The van der Waals surface area contributed by atoms with Gasteiger partial charge in [0.25, 0.3) is 0 Å². The number of piperazine rings is 1. The Morgan fingerprint density at radius 1 is 0.744 bits per heavy atom. The summed E-state index contributed by atoms with van der Waals surface area (Å²) < 4.78 is 0. The van der Waals surface area contributed by atoms with Crippen molar-refractivity contribution in [3.63, 3.8) is 0 Å². The molecule has 6 rings (SSSR count). The summed E-state index contributed by atoms with van der Waals surface area (Å²) in [7, 11) is 0. The normalized spacial score (nSPS) is 24.1. The molecule has 3 aromatic rings. The number of para-hydroxylation sites is 2. The predicted molar refractivity (Wildman–Crippen MR) is 148 cm³/mol. The van der Waals surface area contributed by atoms with Crippen LogP contribution < -0.4 is 4.90 Å². The summed E-state index contributed by atoms with van der Waals surface area (Å²) in [6.45, 7) is 1.45. The van der Waals surface area contributed by atoms with Crippen LogP contribution in [0.25, 0.3) is 0 Å². The van der Waals surface area contributed by atoms with Crippen LogP contribution in [0, 0.1) is 0 Å². The molecule has 3 fully saturated rings. The maximum Gasteiger partial charge on any atom is 0.329 e. The van der Waals surface area contributed by atoms with Crippen LogP contribution in [-0.4, -0.2) is 75.6 Å². The molecule has 3 aromatic carbocycles. The van der Waals surface area contributed by atoms with Gasteiger partial charge in [-0.1, -0.05) is 66.7 Å². The number of carboxylic acid groups (broad SMARTS) is 1. The second-order valence-corrected chi connectivity index (χ2v) is 10.6. The molecule has 0 spiro atoms. The number of carbonyl (C=O) groups is 3. The van der Waals surface area contributed by atoms with Crippen molar-refractivity contribution >= 4 is 29.4 Å². The molecular formula is C31H32N4O4. The third kappa shape index (κ3) is 4.60. The van der Waals surface area contributed by atoms with Crippen molar-refractivity contribution < 1.29 is 19.5 Å². The first kappa shape index (κ1) is 25.0. The summed E-state index contributed by atoms with van der Waals surface area (Å²) in [5, 5.41) is 10.4. The van der Waals surface area contributed by atoms with Gasteiger partial charge in [-0.15, -0.1) is 0 Å². The van der Waals surface area contributed by atoms with E-state index in [4.69, 9.17) is 0 Å². The molecule has 8 nitrogen and oxygen atoms in total. The van der Waals surface area contributed by atoms with Gasteiger partial charge in [-0.25, -0.2) is 14.4 Å². The number of rotatable bonds is 4. The number of hydrogen-bond donors (Lipinski definition) is 1. The fourth-order valence-electron chi connectivity index (χ4n) is 6.49. The van der Waals surface area contributed by atoms with E-state index in [1.54, 1.807) is 9.80 Å². The van der Waals surface area contributed by atoms with Gasteiger partial charge in [-0.3, -0.25) is 4.90 Å². The van der Waals surface area contributed by atoms with E-state index >= 15 is 0 Å². The van der Waals surface area contributed by atoms with E-state index < -0.39 is 24.1 Å². The molecule has 3 heterocycles. The number of fused-ring (bicyclic) bond motifs is 2. The zero-order valence-electron chi connectivity index (χ0n) is 21.7. The number of nitrogens with zero attached hydrogens (tertiary/aromatic N) is 4. The first-order chi connectivity index (χ1) is 19.0. The molecule has 0 aromatic heterocycles. The van der Waals surface area contributed by atoms with Gasteiger partial charge >= 0.3 is 18.0 Å². The molecule has 0 saturated carbocycles. The number of carbonyl (C=O) groups excluding carboxylic acids is 2. The Morgan fingerprint density at radius 2 is 1.33 bits per heavy atom. The Bertz CT molecular complexity index is 1300. The fourth-order valence-corrected chi connectivity index (χ4v) is 6.49. The van der Waals surface area contributed by atoms with E-state index in [2.05, 4.69) is 12.1 Å². The molecule has 3 aliphatic rings. The maximum atomic E-state index is 14.1. The molecule has 8 heteroatoms.